The van der Waals surface area contributed by atoms with Gasteiger partial charge in [0, 0.05) is 29.7 Å². The van der Waals surface area contributed by atoms with Crippen LogP contribution in [0, 0.1) is 5.82 Å². The molecule has 3 aromatic carbocycles. The number of benzene rings is 3. The lowest BCUT2D eigenvalue weighted by Gasteiger charge is -2.31. The number of hydrogen-bond donors (Lipinski definition) is 1. The van der Waals surface area contributed by atoms with Gasteiger partial charge >= 0.3 is 0 Å². The van der Waals surface area contributed by atoms with Crippen molar-refractivity contribution in [2.45, 2.75) is 38.1 Å². The molecule has 0 saturated heterocycles. The Morgan fingerprint density at radius 1 is 0.971 bits per heavy atom. The molecule has 0 saturated carbocycles. The van der Waals surface area contributed by atoms with E-state index in [1.807, 2.05) is 61.5 Å². The molecule has 0 aliphatic heterocycles. The Morgan fingerprint density at radius 3 is 2.37 bits per heavy atom. The summed E-state index contributed by atoms with van der Waals surface area (Å²) < 4.78 is 14.1. The first-order valence-electron chi connectivity index (χ1n) is 11.6. The van der Waals surface area contributed by atoms with E-state index in [0.29, 0.717) is 25.3 Å². The minimum atomic E-state index is -0.637. The molecule has 0 heterocycles. The summed E-state index contributed by atoms with van der Waals surface area (Å²) in [5.41, 5.74) is 2.89. The maximum absolute atomic E-state index is 13.5. The Labute approximate surface area is 219 Å². The minimum Gasteiger partial charge on any atom is -0.354 e. The van der Waals surface area contributed by atoms with Gasteiger partial charge in [0.15, 0.2) is 0 Å². The normalized spacial score (nSPS) is 11.6. The van der Waals surface area contributed by atoms with Crippen LogP contribution in [0.2, 0.25) is 0 Å². The van der Waals surface area contributed by atoms with E-state index >= 15 is 0 Å². The Morgan fingerprint density at radius 2 is 1.69 bits per heavy atom. The van der Waals surface area contributed by atoms with Gasteiger partial charge in [-0.1, -0.05) is 77.5 Å². The van der Waals surface area contributed by atoms with Crippen molar-refractivity contribution in [2.24, 2.45) is 0 Å². The smallest absolute Gasteiger partial charge is 0.243 e. The number of carbonyl (C=O) groups excluding carboxylic acids is 2. The van der Waals surface area contributed by atoms with Crippen LogP contribution < -0.4 is 5.32 Å². The topological polar surface area (TPSA) is 49.4 Å². The zero-order valence-corrected chi connectivity index (χ0v) is 22.2. The lowest BCUT2D eigenvalue weighted by molar-refractivity contribution is -0.139. The molecule has 0 aliphatic rings. The highest BCUT2D eigenvalue weighted by Gasteiger charge is 2.30. The fourth-order valence-electron chi connectivity index (χ4n) is 3.67. The van der Waals surface area contributed by atoms with Crippen LogP contribution in [0.25, 0.3) is 0 Å². The largest absolute Gasteiger partial charge is 0.354 e. The van der Waals surface area contributed by atoms with Gasteiger partial charge in [0.1, 0.15) is 11.9 Å². The van der Waals surface area contributed by atoms with E-state index in [-0.39, 0.29) is 23.4 Å². The molecule has 0 spiro atoms. The molecule has 0 aromatic heterocycles. The number of thioether (sulfide) groups is 1. The first kappa shape index (κ1) is 27.0. The summed E-state index contributed by atoms with van der Waals surface area (Å²) in [6, 6.07) is 23.2. The molecule has 0 bridgehead atoms. The first-order valence-corrected chi connectivity index (χ1v) is 13.6. The van der Waals surface area contributed by atoms with Crippen molar-refractivity contribution in [3.63, 3.8) is 0 Å². The molecule has 1 atom stereocenters. The van der Waals surface area contributed by atoms with Crippen molar-refractivity contribution in [3.8, 4) is 0 Å². The summed E-state index contributed by atoms with van der Waals surface area (Å²) in [4.78, 5) is 28.5. The molecule has 4 nitrogen and oxygen atoms in total. The van der Waals surface area contributed by atoms with Crippen LogP contribution in [0.3, 0.4) is 0 Å². The maximum Gasteiger partial charge on any atom is 0.243 e. The summed E-state index contributed by atoms with van der Waals surface area (Å²) >= 11 is 4.96. The maximum atomic E-state index is 13.5. The summed E-state index contributed by atoms with van der Waals surface area (Å²) in [7, 11) is 0. The van der Waals surface area contributed by atoms with Crippen molar-refractivity contribution < 1.29 is 14.0 Å². The van der Waals surface area contributed by atoms with Crippen molar-refractivity contribution >= 4 is 39.5 Å². The quantitative estimate of drug-likeness (QED) is 0.298. The molecule has 3 aromatic rings. The molecule has 184 valence electrons. The lowest BCUT2D eigenvalue weighted by atomic mass is 10.0. The van der Waals surface area contributed by atoms with Crippen LogP contribution in [0.4, 0.5) is 4.39 Å². The van der Waals surface area contributed by atoms with Gasteiger partial charge in [0.25, 0.3) is 0 Å². The molecule has 1 N–H and O–H groups in total. The minimum absolute atomic E-state index is 0.107. The van der Waals surface area contributed by atoms with Crippen LogP contribution in [-0.2, 0) is 28.3 Å². The lowest BCUT2D eigenvalue weighted by Crippen LogP contribution is -2.51. The van der Waals surface area contributed by atoms with Gasteiger partial charge in [-0.05, 0) is 47.4 Å². The average molecular weight is 558 g/mol. The Bertz CT molecular complexity index is 1100. The predicted molar refractivity (Wildman–Crippen MR) is 144 cm³/mol. The van der Waals surface area contributed by atoms with E-state index < -0.39 is 6.04 Å². The Hall–Kier alpha value is -2.64. The molecule has 3 rings (SSSR count). The standard InChI is InChI=1S/C28H30BrFN2O2S/c1-2-15-31-28(34)26(17-21-7-4-3-5-8-21)32(18-23-9-6-10-24(29)16-23)27(33)20-35-19-22-11-13-25(30)14-12-22/h3-14,16,26H,2,15,17-20H2,1H3,(H,31,34)/t26-/m1/s1. The monoisotopic (exact) mass is 556 g/mol. The van der Waals surface area contributed by atoms with Gasteiger partial charge in [-0.2, -0.15) is 0 Å². The third-order valence-corrected chi connectivity index (χ3v) is 6.95. The second-order valence-electron chi connectivity index (χ2n) is 8.27. The summed E-state index contributed by atoms with van der Waals surface area (Å²) in [5, 5.41) is 2.99. The van der Waals surface area contributed by atoms with Gasteiger partial charge in [-0.25, -0.2) is 4.39 Å². The molecule has 0 radical (unpaired) electrons. The summed E-state index contributed by atoms with van der Waals surface area (Å²) in [5.74, 6) is 0.268. The van der Waals surface area contributed by atoms with Crippen molar-refractivity contribution in [1.82, 2.24) is 10.2 Å². The zero-order valence-electron chi connectivity index (χ0n) is 19.8. The highest BCUT2D eigenvalue weighted by molar-refractivity contribution is 9.10. The number of rotatable bonds is 12. The molecule has 35 heavy (non-hydrogen) atoms. The van der Waals surface area contributed by atoms with E-state index in [1.165, 1.54) is 23.9 Å². The number of carbonyl (C=O) groups is 2. The van der Waals surface area contributed by atoms with Crippen LogP contribution in [-0.4, -0.2) is 35.1 Å². The number of nitrogens with zero attached hydrogens (tertiary/aromatic N) is 1. The number of nitrogens with one attached hydrogen (secondary N) is 1. The van der Waals surface area contributed by atoms with Gasteiger partial charge in [0.2, 0.25) is 11.8 Å². The highest BCUT2D eigenvalue weighted by Crippen LogP contribution is 2.20. The van der Waals surface area contributed by atoms with Crippen LogP contribution in [0.5, 0.6) is 0 Å². The van der Waals surface area contributed by atoms with Gasteiger partial charge < -0.3 is 10.2 Å². The van der Waals surface area contributed by atoms with Crippen LogP contribution in [0.1, 0.15) is 30.0 Å². The van der Waals surface area contributed by atoms with Crippen LogP contribution >= 0.6 is 27.7 Å². The van der Waals surface area contributed by atoms with Gasteiger partial charge in [-0.3, -0.25) is 9.59 Å². The average Bonchev–Trinajstić information content (AvgIpc) is 2.86. The molecule has 2 amide bonds. The fourth-order valence-corrected chi connectivity index (χ4v) is 4.99. The Kier molecular flexibility index (Phi) is 10.8. The van der Waals surface area contributed by atoms with Crippen molar-refractivity contribution in [1.29, 1.82) is 0 Å². The van der Waals surface area contributed by atoms with Gasteiger partial charge in [0.05, 0.1) is 5.75 Å². The second kappa shape index (κ2) is 14.0. The SMILES string of the molecule is CCCNC(=O)[C@@H](Cc1ccccc1)N(Cc1cccc(Br)c1)C(=O)CSCc1ccc(F)cc1. The molecular weight excluding hydrogens is 527 g/mol. The number of hydrogen-bond acceptors (Lipinski definition) is 3. The van der Waals surface area contributed by atoms with E-state index in [0.717, 1.165) is 27.6 Å². The molecule has 0 aliphatic carbocycles. The zero-order chi connectivity index (χ0) is 25.0. The number of halogens is 2. The van der Waals surface area contributed by atoms with Crippen LogP contribution in [0.15, 0.2) is 83.3 Å². The molecule has 7 heteroatoms. The second-order valence-corrected chi connectivity index (χ2v) is 10.2. The Balaban J connectivity index is 1.82. The third-order valence-electron chi connectivity index (χ3n) is 5.47. The number of amides is 2. The van der Waals surface area contributed by atoms with E-state index in [1.54, 1.807) is 17.0 Å². The summed E-state index contributed by atoms with van der Waals surface area (Å²) in [6.45, 7) is 2.89. The molecular formula is C28H30BrFN2O2S. The van der Waals surface area contributed by atoms with Gasteiger partial charge in [-0.15, -0.1) is 11.8 Å². The van der Waals surface area contributed by atoms with E-state index in [4.69, 9.17) is 0 Å². The highest BCUT2D eigenvalue weighted by atomic mass is 79.9. The molecule has 0 fully saturated rings. The third kappa shape index (κ3) is 8.82. The van der Waals surface area contributed by atoms with Crippen molar-refractivity contribution in [3.05, 3.63) is 106 Å². The first-order chi connectivity index (χ1) is 17.0. The van der Waals surface area contributed by atoms with Crippen molar-refractivity contribution in [2.75, 3.05) is 12.3 Å². The van der Waals surface area contributed by atoms with E-state index in [9.17, 15) is 14.0 Å². The summed E-state index contributed by atoms with van der Waals surface area (Å²) in [6.07, 6.45) is 1.25. The van der Waals surface area contributed by atoms with E-state index in [2.05, 4.69) is 21.2 Å². The predicted octanol–water partition coefficient (Wildman–Crippen LogP) is 5.99. The molecule has 0 unspecified atom stereocenters. The fraction of sp³-hybridized carbons (Fsp3) is 0.286.